The van der Waals surface area contributed by atoms with Crippen molar-refractivity contribution in [2.75, 3.05) is 0 Å². The van der Waals surface area contributed by atoms with Crippen LogP contribution in [-0.4, -0.2) is 9.55 Å². The Kier molecular flexibility index (Phi) is 29.9. The Balaban J connectivity index is 1.61. The molecule has 282 valence electrons. The second-order valence-electron chi connectivity index (χ2n) is 15.9. The Bertz CT molecular complexity index is 890. The molecule has 1 aromatic heterocycles. The molecule has 0 N–H and O–H groups in total. The minimum absolute atomic E-state index is 0.570. The van der Waals surface area contributed by atoms with Crippen molar-refractivity contribution in [3.05, 3.63) is 54.6 Å². The third-order valence-corrected chi connectivity index (χ3v) is 11.3. The van der Waals surface area contributed by atoms with Crippen LogP contribution in [0.3, 0.4) is 0 Å². The lowest BCUT2D eigenvalue weighted by Crippen LogP contribution is -2.21. The molecule has 0 aliphatic carbocycles. The highest BCUT2D eigenvalue weighted by Crippen LogP contribution is 2.32. The van der Waals surface area contributed by atoms with Crippen molar-refractivity contribution in [2.24, 2.45) is 5.92 Å². The summed E-state index contributed by atoms with van der Waals surface area (Å²) in [6.45, 7) is 4.62. The normalized spacial score (nSPS) is 12.9. The van der Waals surface area contributed by atoms with Gasteiger partial charge in [0.05, 0.1) is 6.33 Å². The van der Waals surface area contributed by atoms with Crippen LogP contribution in [0.15, 0.2) is 49.1 Å². The van der Waals surface area contributed by atoms with Crippen LogP contribution in [0.25, 0.3) is 0 Å². The van der Waals surface area contributed by atoms with E-state index in [9.17, 15) is 0 Å². The van der Waals surface area contributed by atoms with Crippen molar-refractivity contribution in [1.29, 1.82) is 0 Å². The maximum atomic E-state index is 4.50. The molecule has 0 aliphatic rings. The van der Waals surface area contributed by atoms with Gasteiger partial charge in [-0.15, -0.1) is 0 Å². The molecule has 0 saturated heterocycles. The van der Waals surface area contributed by atoms with Crippen molar-refractivity contribution in [1.82, 2.24) is 9.55 Å². The second kappa shape index (κ2) is 33.6. The van der Waals surface area contributed by atoms with E-state index in [-0.39, 0.29) is 0 Å². The average molecular weight is 677 g/mol. The third-order valence-electron chi connectivity index (χ3n) is 11.3. The van der Waals surface area contributed by atoms with Crippen molar-refractivity contribution in [3.63, 3.8) is 0 Å². The molecule has 0 fully saturated rings. The van der Waals surface area contributed by atoms with E-state index in [4.69, 9.17) is 0 Å². The van der Waals surface area contributed by atoms with Gasteiger partial charge in [-0.2, -0.15) is 0 Å². The standard InChI is InChI=1S/C47H84N2/c1-3-5-7-9-11-13-15-17-19-21-22-24-26-28-30-35-39-46(43-45-37-33-32-34-38-45)47(49-42-41-48-44-49)40-36-31-29-27-25-23-20-18-16-14-12-10-8-6-4-2/h32-34,37-38,41-42,44,46-47H,3-31,35-36,39-40,43H2,1-2H3. The molecule has 2 unspecified atom stereocenters. The highest BCUT2D eigenvalue weighted by molar-refractivity contribution is 5.15. The zero-order chi connectivity index (χ0) is 34.7. The summed E-state index contributed by atoms with van der Waals surface area (Å²) in [7, 11) is 0. The Hall–Kier alpha value is -1.57. The van der Waals surface area contributed by atoms with E-state index >= 15 is 0 Å². The molecule has 0 spiro atoms. The monoisotopic (exact) mass is 677 g/mol. The fraction of sp³-hybridized carbons (Fsp3) is 0.809. The van der Waals surface area contributed by atoms with E-state index in [0.717, 1.165) is 0 Å². The maximum Gasteiger partial charge on any atom is 0.0948 e. The van der Waals surface area contributed by atoms with Crippen molar-refractivity contribution < 1.29 is 0 Å². The van der Waals surface area contributed by atoms with Gasteiger partial charge >= 0.3 is 0 Å². The quantitative estimate of drug-likeness (QED) is 0.0651. The van der Waals surface area contributed by atoms with Gasteiger partial charge in [-0.1, -0.05) is 243 Å². The first-order valence-electron chi connectivity index (χ1n) is 22.4. The van der Waals surface area contributed by atoms with Gasteiger partial charge < -0.3 is 4.57 Å². The molecule has 2 atom stereocenters. The topological polar surface area (TPSA) is 17.8 Å². The molecule has 2 aromatic rings. The fourth-order valence-corrected chi connectivity index (χ4v) is 8.12. The van der Waals surface area contributed by atoms with Gasteiger partial charge in [-0.3, -0.25) is 0 Å². The molecule has 0 bridgehead atoms. The largest absolute Gasteiger partial charge is 0.334 e. The molecule has 2 heteroatoms. The average Bonchev–Trinajstić information content (AvgIpc) is 3.66. The third kappa shape index (κ3) is 25.1. The fourth-order valence-electron chi connectivity index (χ4n) is 8.12. The van der Waals surface area contributed by atoms with E-state index in [1.54, 1.807) is 0 Å². The highest BCUT2D eigenvalue weighted by Gasteiger charge is 2.23. The Morgan fingerprint density at radius 3 is 1.18 bits per heavy atom. The summed E-state index contributed by atoms with van der Waals surface area (Å²) < 4.78 is 2.46. The first-order valence-corrected chi connectivity index (χ1v) is 22.4. The molecule has 1 aromatic carbocycles. The Labute approximate surface area is 307 Å². The molecular formula is C47H84N2. The summed E-state index contributed by atoms with van der Waals surface area (Å²) in [5.74, 6) is 0.690. The van der Waals surface area contributed by atoms with E-state index in [2.05, 4.69) is 66.3 Å². The van der Waals surface area contributed by atoms with Gasteiger partial charge in [0.25, 0.3) is 0 Å². The maximum absolute atomic E-state index is 4.50. The lowest BCUT2D eigenvalue weighted by Gasteiger charge is -2.29. The predicted molar refractivity (Wildman–Crippen MR) is 219 cm³/mol. The van der Waals surface area contributed by atoms with Crippen LogP contribution in [0.4, 0.5) is 0 Å². The lowest BCUT2D eigenvalue weighted by atomic mass is 9.84. The van der Waals surface area contributed by atoms with Crippen LogP contribution < -0.4 is 0 Å². The smallest absolute Gasteiger partial charge is 0.0948 e. The van der Waals surface area contributed by atoms with E-state index in [0.29, 0.717) is 12.0 Å². The predicted octanol–water partition coefficient (Wildman–Crippen LogP) is 16.2. The first kappa shape index (κ1) is 43.6. The summed E-state index contributed by atoms with van der Waals surface area (Å²) in [5.41, 5.74) is 1.51. The minimum Gasteiger partial charge on any atom is -0.334 e. The SMILES string of the molecule is CCCCCCCCCCCCCCCCCCC(Cc1ccccc1)C(CCCCCCCCCCCCCCCCC)n1ccnc1. The number of unbranched alkanes of at least 4 members (excludes halogenated alkanes) is 29. The van der Waals surface area contributed by atoms with Crippen LogP contribution in [-0.2, 0) is 6.42 Å². The zero-order valence-electron chi connectivity index (χ0n) is 33.2. The molecule has 2 rings (SSSR count). The molecule has 0 saturated carbocycles. The number of hydrogen-bond acceptors (Lipinski definition) is 1. The summed E-state index contributed by atoms with van der Waals surface area (Å²) >= 11 is 0. The molecule has 0 radical (unpaired) electrons. The summed E-state index contributed by atoms with van der Waals surface area (Å²) in [6.07, 6.45) is 54.7. The van der Waals surface area contributed by atoms with Crippen LogP contribution in [0.5, 0.6) is 0 Å². The van der Waals surface area contributed by atoms with Gasteiger partial charge in [-0.25, -0.2) is 4.98 Å². The lowest BCUT2D eigenvalue weighted by molar-refractivity contribution is 0.275. The number of benzene rings is 1. The van der Waals surface area contributed by atoms with E-state index < -0.39 is 0 Å². The summed E-state index contributed by atoms with van der Waals surface area (Å²) in [4.78, 5) is 4.50. The van der Waals surface area contributed by atoms with E-state index in [1.165, 1.54) is 224 Å². The van der Waals surface area contributed by atoms with E-state index in [1.807, 2.05) is 6.20 Å². The summed E-state index contributed by atoms with van der Waals surface area (Å²) in [6, 6.07) is 11.9. The van der Waals surface area contributed by atoms with Gasteiger partial charge in [-0.05, 0) is 30.7 Å². The number of nitrogens with zero attached hydrogens (tertiary/aromatic N) is 2. The van der Waals surface area contributed by atoms with Crippen LogP contribution in [0.1, 0.15) is 237 Å². The Morgan fingerprint density at radius 2 is 0.816 bits per heavy atom. The van der Waals surface area contributed by atoms with Crippen molar-refractivity contribution in [3.8, 4) is 0 Å². The highest BCUT2D eigenvalue weighted by atomic mass is 15.1. The number of aromatic nitrogens is 2. The zero-order valence-corrected chi connectivity index (χ0v) is 33.2. The number of imidazole rings is 1. The van der Waals surface area contributed by atoms with Crippen LogP contribution in [0.2, 0.25) is 0 Å². The summed E-state index contributed by atoms with van der Waals surface area (Å²) in [5, 5.41) is 0. The molecule has 0 amide bonds. The van der Waals surface area contributed by atoms with Gasteiger partial charge in [0, 0.05) is 18.4 Å². The molecule has 2 nitrogen and oxygen atoms in total. The van der Waals surface area contributed by atoms with Gasteiger partial charge in [0.2, 0.25) is 0 Å². The molecule has 49 heavy (non-hydrogen) atoms. The number of rotatable bonds is 37. The molecular weight excluding hydrogens is 593 g/mol. The van der Waals surface area contributed by atoms with Crippen LogP contribution in [0, 0.1) is 5.92 Å². The second-order valence-corrected chi connectivity index (χ2v) is 15.9. The van der Waals surface area contributed by atoms with Crippen molar-refractivity contribution in [2.45, 2.75) is 238 Å². The number of hydrogen-bond donors (Lipinski definition) is 0. The van der Waals surface area contributed by atoms with Gasteiger partial charge in [0.15, 0.2) is 0 Å². The molecule has 0 aliphatic heterocycles. The molecule has 1 heterocycles. The minimum atomic E-state index is 0.570. The van der Waals surface area contributed by atoms with Crippen molar-refractivity contribution >= 4 is 0 Å². The van der Waals surface area contributed by atoms with Crippen LogP contribution >= 0.6 is 0 Å². The Morgan fingerprint density at radius 1 is 0.449 bits per heavy atom. The first-order chi connectivity index (χ1) is 24.3. The van der Waals surface area contributed by atoms with Gasteiger partial charge in [0.1, 0.15) is 0 Å².